The molecule has 4 nitrogen and oxygen atoms in total. The van der Waals surface area contributed by atoms with Crippen molar-refractivity contribution < 1.29 is 30.6 Å². The smallest absolute Gasteiger partial charge is 0.230 e. The Morgan fingerprint density at radius 3 is 2.02 bits per heavy atom. The fraction of sp³-hybridized carbons (Fsp3) is 0.211. The number of aromatic hydroxyl groups is 1. The van der Waals surface area contributed by atoms with Crippen LogP contribution in [0.15, 0.2) is 102 Å². The van der Waals surface area contributed by atoms with Gasteiger partial charge in [-0.2, -0.15) is 0 Å². The summed E-state index contributed by atoms with van der Waals surface area (Å²) in [7, 11) is 0. The summed E-state index contributed by atoms with van der Waals surface area (Å²) in [5.74, 6) is 0.502. The number of rotatable bonds is 4. The van der Waals surface area contributed by atoms with E-state index in [4.69, 9.17) is 9.40 Å². The first kappa shape index (κ1) is 30.4. The largest absolute Gasteiger partial charge is 0.507 e. The molecule has 0 bridgehead atoms. The third kappa shape index (κ3) is 6.21. The number of hydrogen-bond donors (Lipinski definition) is 1. The zero-order valence-electron chi connectivity index (χ0n) is 25.3. The van der Waals surface area contributed by atoms with Crippen molar-refractivity contribution in [2.24, 2.45) is 0 Å². The Morgan fingerprint density at radius 2 is 1.35 bits per heavy atom. The maximum atomic E-state index is 10.9. The van der Waals surface area contributed by atoms with Gasteiger partial charge in [0.05, 0.1) is 11.1 Å². The Morgan fingerprint density at radius 1 is 0.674 bits per heavy atom. The summed E-state index contributed by atoms with van der Waals surface area (Å²) in [6.45, 7) is 13.2. The van der Waals surface area contributed by atoms with Crippen molar-refractivity contribution in [1.82, 2.24) is 9.97 Å². The maximum absolute atomic E-state index is 10.9. The summed E-state index contributed by atoms with van der Waals surface area (Å²) in [4.78, 5) is 9.63. The summed E-state index contributed by atoms with van der Waals surface area (Å²) in [5, 5.41) is 10.9. The second kappa shape index (κ2) is 11.6. The molecule has 0 amide bonds. The molecule has 0 atom stereocenters. The van der Waals surface area contributed by atoms with Crippen molar-refractivity contribution >= 4 is 11.1 Å². The average molecular weight is 747 g/mol. The van der Waals surface area contributed by atoms with Crippen LogP contribution in [0.4, 0.5) is 0 Å². The second-order valence-electron chi connectivity index (χ2n) is 12.9. The summed E-state index contributed by atoms with van der Waals surface area (Å²) in [5.41, 5.74) is 9.76. The number of nitrogens with zero attached hydrogens (tertiary/aromatic N) is 2. The van der Waals surface area contributed by atoms with E-state index < -0.39 is 0 Å². The van der Waals surface area contributed by atoms with Gasteiger partial charge < -0.3 is 9.52 Å². The first-order chi connectivity index (χ1) is 20.0. The van der Waals surface area contributed by atoms with E-state index in [0.717, 1.165) is 44.6 Å². The minimum atomic E-state index is -0.128. The number of aromatic nitrogens is 2. The predicted octanol–water partition coefficient (Wildman–Crippen LogP) is 9.99. The van der Waals surface area contributed by atoms with Crippen LogP contribution in [0.1, 0.15) is 52.7 Å². The number of fused-ring (bicyclic) bond motifs is 1. The van der Waals surface area contributed by atoms with Crippen molar-refractivity contribution in [3.05, 3.63) is 114 Å². The molecule has 0 saturated heterocycles. The van der Waals surface area contributed by atoms with Crippen molar-refractivity contribution in [1.29, 1.82) is 0 Å². The van der Waals surface area contributed by atoms with Gasteiger partial charge >= 0.3 is 0 Å². The Balaban J connectivity index is 0.00000368. The zero-order chi connectivity index (χ0) is 29.6. The van der Waals surface area contributed by atoms with Gasteiger partial charge in [-0.15, -0.1) is 29.3 Å². The van der Waals surface area contributed by atoms with Crippen LogP contribution in [0.3, 0.4) is 0 Å². The zero-order valence-corrected chi connectivity index (χ0v) is 27.6. The Hall–Kier alpha value is -4.01. The molecule has 2 heterocycles. The van der Waals surface area contributed by atoms with Crippen LogP contribution < -0.4 is 0 Å². The predicted molar refractivity (Wildman–Crippen MR) is 171 cm³/mol. The van der Waals surface area contributed by atoms with Crippen LogP contribution in [0.25, 0.3) is 56.1 Å². The molecule has 0 aliphatic heterocycles. The molecule has 0 spiro atoms. The molecule has 0 saturated carbocycles. The average Bonchev–Trinajstić information content (AvgIpc) is 3.41. The van der Waals surface area contributed by atoms with E-state index in [0.29, 0.717) is 17.0 Å². The summed E-state index contributed by atoms with van der Waals surface area (Å²) in [6, 6.07) is 33.9. The first-order valence-corrected chi connectivity index (χ1v) is 14.3. The molecule has 43 heavy (non-hydrogen) atoms. The minimum Gasteiger partial charge on any atom is -0.507 e. The first-order valence-electron chi connectivity index (χ1n) is 14.3. The van der Waals surface area contributed by atoms with Crippen molar-refractivity contribution in [2.45, 2.75) is 52.4 Å². The molecule has 0 unspecified atom stereocenters. The van der Waals surface area contributed by atoms with E-state index in [1.54, 1.807) is 6.07 Å². The van der Waals surface area contributed by atoms with Gasteiger partial charge in [0.2, 0.25) is 5.89 Å². The summed E-state index contributed by atoms with van der Waals surface area (Å²) < 4.78 is 6.44. The Bertz CT molecular complexity index is 1900. The third-order valence-corrected chi connectivity index (χ3v) is 7.66. The van der Waals surface area contributed by atoms with Gasteiger partial charge in [0.1, 0.15) is 11.3 Å². The molecule has 0 radical (unpaired) electrons. The molecule has 220 valence electrons. The molecule has 2 aromatic heterocycles. The van der Waals surface area contributed by atoms with Gasteiger partial charge in [-0.05, 0) is 51.8 Å². The van der Waals surface area contributed by atoms with Crippen LogP contribution in [-0.4, -0.2) is 15.1 Å². The molecule has 6 aromatic rings. The van der Waals surface area contributed by atoms with Gasteiger partial charge in [-0.3, -0.25) is 4.98 Å². The molecule has 0 aliphatic carbocycles. The fourth-order valence-electron chi connectivity index (χ4n) is 5.11. The summed E-state index contributed by atoms with van der Waals surface area (Å²) in [6.07, 6.45) is 1.81. The number of phenolic OH excluding ortho intramolecular Hbond substituents is 1. The maximum Gasteiger partial charge on any atom is 0.230 e. The van der Waals surface area contributed by atoms with E-state index in [-0.39, 0.29) is 37.6 Å². The van der Waals surface area contributed by atoms with Crippen LogP contribution >= 0.6 is 0 Å². The van der Waals surface area contributed by atoms with Crippen molar-refractivity contribution in [3.63, 3.8) is 0 Å². The number of hydrogen-bond acceptors (Lipinski definition) is 4. The number of oxazole rings is 1. The minimum absolute atomic E-state index is 0. The van der Waals surface area contributed by atoms with Gasteiger partial charge in [0, 0.05) is 33.0 Å². The Kier molecular flexibility index (Phi) is 8.20. The van der Waals surface area contributed by atoms with Crippen LogP contribution in [0.2, 0.25) is 0 Å². The second-order valence-corrected chi connectivity index (χ2v) is 12.9. The van der Waals surface area contributed by atoms with Crippen LogP contribution in [-0.2, 0) is 31.9 Å². The molecule has 0 aliphatic rings. The standard InChI is InChI=1S/C38H35N2O2.Pt/c1-37(2,3)28-19-26(18-27(20-28)32-14-10-11-17-39-32)30-22-29(38(4,5)6)23-34-35(30)40-36(42-34)31-21-25(15-16-33(31)41)24-12-8-7-9-13-24;/h7-17,19-23,41H,1-6H3;/q-1;. The third-order valence-electron chi connectivity index (χ3n) is 7.66. The molecule has 5 heteroatoms. The normalized spacial score (nSPS) is 11.9. The fourth-order valence-corrected chi connectivity index (χ4v) is 5.11. The van der Waals surface area contributed by atoms with Crippen molar-refractivity contribution in [2.75, 3.05) is 0 Å². The van der Waals surface area contributed by atoms with Crippen molar-refractivity contribution in [3.8, 4) is 50.7 Å². The molecule has 4 aromatic carbocycles. The van der Waals surface area contributed by atoms with E-state index in [9.17, 15) is 5.11 Å². The van der Waals surface area contributed by atoms with Gasteiger partial charge in [-0.25, -0.2) is 4.98 Å². The SMILES string of the molecule is CC(C)(C)c1cc(-c2ccccn2)[c-]c(-c2cc(C(C)(C)C)cc3oc(-c4cc(-c5ccccc5)ccc4O)nc23)c1.[Pt]. The van der Waals surface area contributed by atoms with Crippen LogP contribution in [0.5, 0.6) is 5.75 Å². The quantitative estimate of drug-likeness (QED) is 0.183. The molecular weight excluding hydrogens is 712 g/mol. The van der Waals surface area contributed by atoms with Gasteiger partial charge in [0.15, 0.2) is 0 Å². The molecule has 0 fully saturated rings. The molecular formula is C38H35N2O2Pt-. The van der Waals surface area contributed by atoms with Gasteiger partial charge in [-0.1, -0.05) is 107 Å². The topological polar surface area (TPSA) is 59.2 Å². The molecule has 1 N–H and O–H groups in total. The number of phenols is 1. The van der Waals surface area contributed by atoms with Crippen LogP contribution in [0, 0.1) is 6.07 Å². The monoisotopic (exact) mass is 746 g/mol. The van der Waals surface area contributed by atoms with E-state index in [1.807, 2.05) is 66.9 Å². The van der Waals surface area contributed by atoms with E-state index in [2.05, 4.69) is 76.9 Å². The van der Waals surface area contributed by atoms with E-state index >= 15 is 0 Å². The Labute approximate surface area is 268 Å². The number of pyridine rings is 1. The number of benzene rings is 4. The summed E-state index contributed by atoms with van der Waals surface area (Å²) >= 11 is 0. The van der Waals surface area contributed by atoms with Gasteiger partial charge in [0.25, 0.3) is 0 Å². The van der Waals surface area contributed by atoms with E-state index in [1.165, 1.54) is 5.56 Å². The molecule has 6 rings (SSSR count).